The summed E-state index contributed by atoms with van der Waals surface area (Å²) in [6.07, 6.45) is 0.734. The van der Waals surface area contributed by atoms with Crippen LogP contribution in [0.2, 0.25) is 10.0 Å². The highest BCUT2D eigenvalue weighted by Crippen LogP contribution is 2.37. The van der Waals surface area contributed by atoms with Crippen molar-refractivity contribution in [1.29, 1.82) is 0 Å². The van der Waals surface area contributed by atoms with Crippen LogP contribution >= 0.6 is 35.1 Å². The molecule has 0 unspecified atom stereocenters. The Morgan fingerprint density at radius 2 is 1.80 bits per heavy atom. The van der Waals surface area contributed by atoms with E-state index in [4.69, 9.17) is 27.9 Å². The maximum absolute atomic E-state index is 12.7. The molecule has 1 aliphatic heterocycles. The predicted molar refractivity (Wildman–Crippen MR) is 145 cm³/mol. The third-order valence-electron chi connectivity index (χ3n) is 5.07. The molecular weight excluding hydrogens is 507 g/mol. The van der Waals surface area contributed by atoms with Crippen LogP contribution in [0.25, 0.3) is 0 Å². The van der Waals surface area contributed by atoms with Gasteiger partial charge in [0.25, 0.3) is 0 Å². The average Bonchev–Trinajstić information content (AvgIpc) is 3.14. The predicted octanol–water partition coefficient (Wildman–Crippen LogP) is 5.48. The SMILES string of the molecule is CN(C)CCNC(=O)N1CCc2cc(N(CC(=O)OC(C)(C)C)Sc3cc(Cl)cc(Cl)c3)ccc21. The summed E-state index contributed by atoms with van der Waals surface area (Å²) < 4.78 is 7.42. The Kier molecular flexibility index (Phi) is 9.21. The number of carbonyl (C=O) groups excluding carboxylic acids is 2. The monoisotopic (exact) mass is 538 g/mol. The fourth-order valence-corrected chi connectivity index (χ4v) is 5.27. The number of esters is 1. The molecule has 2 amide bonds. The Bertz CT molecular complexity index is 1050. The highest BCUT2D eigenvalue weighted by Gasteiger charge is 2.27. The third-order valence-corrected chi connectivity index (χ3v) is 6.51. The third kappa shape index (κ3) is 8.20. The van der Waals surface area contributed by atoms with Crippen LogP contribution in [-0.2, 0) is 16.0 Å². The van der Waals surface area contributed by atoms with Crippen LogP contribution in [-0.4, -0.2) is 62.8 Å². The van der Waals surface area contributed by atoms with Crippen LogP contribution in [0.4, 0.5) is 16.2 Å². The molecule has 1 aliphatic rings. The second-order valence-electron chi connectivity index (χ2n) is 9.57. The Balaban J connectivity index is 1.82. The van der Waals surface area contributed by atoms with Crippen molar-refractivity contribution in [3.8, 4) is 0 Å². The second-order valence-corrected chi connectivity index (χ2v) is 11.5. The number of hydrogen-bond donors (Lipinski definition) is 1. The van der Waals surface area contributed by atoms with Gasteiger partial charge >= 0.3 is 12.0 Å². The number of amides is 2. The minimum absolute atomic E-state index is 0.0274. The van der Waals surface area contributed by atoms with E-state index in [2.05, 4.69) is 5.32 Å². The summed E-state index contributed by atoms with van der Waals surface area (Å²) in [5, 5.41) is 4.00. The van der Waals surface area contributed by atoms with E-state index in [0.717, 1.165) is 34.8 Å². The number of nitrogens with zero attached hydrogens (tertiary/aromatic N) is 3. The number of urea groups is 1. The first-order valence-corrected chi connectivity index (χ1v) is 12.9. The largest absolute Gasteiger partial charge is 0.459 e. The summed E-state index contributed by atoms with van der Waals surface area (Å²) in [6.45, 7) is 7.51. The fourth-order valence-electron chi connectivity index (χ4n) is 3.61. The number of rotatable bonds is 8. The van der Waals surface area contributed by atoms with E-state index in [0.29, 0.717) is 23.1 Å². The Hall–Kier alpha value is -2.13. The lowest BCUT2D eigenvalue weighted by Gasteiger charge is -2.26. The quantitative estimate of drug-likeness (QED) is 0.354. The standard InChI is InChI=1S/C25H32Cl2N4O3S/c1-25(2,3)34-23(32)16-31(35-21-14-18(26)13-19(27)15-21)20-6-7-22-17(12-20)8-10-30(22)24(33)28-9-11-29(4)5/h6-7,12-15H,8-11,16H2,1-5H3,(H,28,33). The van der Waals surface area contributed by atoms with Gasteiger partial charge in [-0.2, -0.15) is 0 Å². The van der Waals surface area contributed by atoms with Crippen LogP contribution < -0.4 is 14.5 Å². The Labute approximate surface area is 221 Å². The highest BCUT2D eigenvalue weighted by molar-refractivity contribution is 8.00. The molecule has 0 aliphatic carbocycles. The van der Waals surface area contributed by atoms with Gasteiger partial charge < -0.3 is 19.3 Å². The smallest absolute Gasteiger partial charge is 0.327 e. The zero-order chi connectivity index (χ0) is 25.8. The molecule has 3 rings (SSSR count). The number of carbonyl (C=O) groups is 2. The van der Waals surface area contributed by atoms with Crippen molar-refractivity contribution in [3.63, 3.8) is 0 Å². The summed E-state index contributed by atoms with van der Waals surface area (Å²) in [5.74, 6) is -0.347. The summed E-state index contributed by atoms with van der Waals surface area (Å²) in [6, 6.07) is 11.0. The van der Waals surface area contributed by atoms with Gasteiger partial charge in [0.05, 0.1) is 0 Å². The number of halogens is 2. The van der Waals surface area contributed by atoms with Gasteiger partial charge in [0.15, 0.2) is 0 Å². The van der Waals surface area contributed by atoms with Gasteiger partial charge in [-0.1, -0.05) is 23.2 Å². The molecule has 0 bridgehead atoms. The van der Waals surface area contributed by atoms with E-state index in [-0.39, 0.29) is 18.5 Å². The molecule has 2 aromatic rings. The molecule has 10 heteroatoms. The zero-order valence-corrected chi connectivity index (χ0v) is 23.1. The Morgan fingerprint density at radius 1 is 1.11 bits per heavy atom. The molecular formula is C25H32Cl2N4O3S. The van der Waals surface area contributed by atoms with E-state index in [1.165, 1.54) is 11.9 Å². The van der Waals surface area contributed by atoms with Gasteiger partial charge in [0.2, 0.25) is 0 Å². The van der Waals surface area contributed by atoms with Gasteiger partial charge in [0.1, 0.15) is 12.1 Å². The van der Waals surface area contributed by atoms with Crippen LogP contribution in [0.1, 0.15) is 26.3 Å². The molecule has 1 N–H and O–H groups in total. The normalized spacial score (nSPS) is 13.1. The van der Waals surface area contributed by atoms with Crippen LogP contribution in [0.3, 0.4) is 0 Å². The summed E-state index contributed by atoms with van der Waals surface area (Å²) in [4.78, 5) is 30.0. The molecule has 0 fully saturated rings. The molecule has 190 valence electrons. The van der Waals surface area contributed by atoms with Gasteiger partial charge in [0, 0.05) is 45.9 Å². The van der Waals surface area contributed by atoms with Crippen molar-refractivity contribution in [2.75, 3.05) is 49.5 Å². The van der Waals surface area contributed by atoms with Crippen LogP contribution in [0.5, 0.6) is 0 Å². The molecule has 0 aromatic heterocycles. The highest BCUT2D eigenvalue weighted by atomic mass is 35.5. The fraction of sp³-hybridized carbons (Fsp3) is 0.440. The maximum atomic E-state index is 12.7. The molecule has 1 heterocycles. The van der Waals surface area contributed by atoms with Gasteiger partial charge in [-0.25, -0.2) is 4.79 Å². The van der Waals surface area contributed by atoms with Gasteiger partial charge in [-0.05, 0) is 95.2 Å². The first kappa shape index (κ1) is 27.5. The number of benzene rings is 2. The molecule has 0 saturated heterocycles. The number of fused-ring (bicyclic) bond motifs is 1. The van der Waals surface area contributed by atoms with E-state index < -0.39 is 5.60 Å². The van der Waals surface area contributed by atoms with Crippen LogP contribution in [0, 0.1) is 0 Å². The van der Waals surface area contributed by atoms with E-state index in [1.807, 2.05) is 62.3 Å². The first-order valence-electron chi connectivity index (χ1n) is 11.4. The lowest BCUT2D eigenvalue weighted by atomic mass is 10.1. The second kappa shape index (κ2) is 11.7. The minimum Gasteiger partial charge on any atom is -0.459 e. The van der Waals surface area contributed by atoms with Gasteiger partial charge in [-0.3, -0.25) is 9.69 Å². The van der Waals surface area contributed by atoms with Crippen LogP contribution in [0.15, 0.2) is 41.3 Å². The van der Waals surface area contributed by atoms with Crippen molar-refractivity contribution in [2.24, 2.45) is 0 Å². The van der Waals surface area contributed by atoms with Crippen molar-refractivity contribution >= 4 is 58.5 Å². The molecule has 35 heavy (non-hydrogen) atoms. The first-order chi connectivity index (χ1) is 16.4. The van der Waals surface area contributed by atoms with Crippen molar-refractivity contribution in [1.82, 2.24) is 10.2 Å². The van der Waals surface area contributed by atoms with Gasteiger partial charge in [-0.15, -0.1) is 0 Å². The number of anilines is 2. The van der Waals surface area contributed by atoms with Crippen molar-refractivity contribution in [3.05, 3.63) is 52.0 Å². The topological polar surface area (TPSA) is 65.1 Å². The summed E-state index contributed by atoms with van der Waals surface area (Å²) >= 11 is 13.7. The maximum Gasteiger partial charge on any atom is 0.327 e. The molecule has 0 saturated carbocycles. The van der Waals surface area contributed by atoms with E-state index in [1.54, 1.807) is 23.1 Å². The lowest BCUT2D eigenvalue weighted by molar-refractivity contribution is -0.152. The molecule has 7 nitrogen and oxygen atoms in total. The number of ether oxygens (including phenoxy) is 1. The zero-order valence-electron chi connectivity index (χ0n) is 20.7. The molecule has 0 radical (unpaired) electrons. The van der Waals surface area contributed by atoms with Crippen molar-refractivity contribution in [2.45, 2.75) is 37.7 Å². The Morgan fingerprint density at radius 3 is 2.43 bits per heavy atom. The minimum atomic E-state index is -0.592. The van der Waals surface area contributed by atoms with E-state index >= 15 is 0 Å². The average molecular weight is 540 g/mol. The number of likely N-dealkylation sites (N-methyl/N-ethyl adjacent to an activating group) is 1. The molecule has 0 spiro atoms. The number of nitrogens with one attached hydrogen (secondary N) is 1. The summed E-state index contributed by atoms with van der Waals surface area (Å²) in [7, 11) is 3.94. The van der Waals surface area contributed by atoms with Crippen molar-refractivity contribution < 1.29 is 14.3 Å². The summed E-state index contributed by atoms with van der Waals surface area (Å²) in [5.41, 5.74) is 2.16. The number of hydrogen-bond acceptors (Lipinski definition) is 6. The molecule has 2 aromatic carbocycles. The van der Waals surface area contributed by atoms with E-state index in [9.17, 15) is 9.59 Å². The molecule has 0 atom stereocenters. The lowest BCUT2D eigenvalue weighted by Crippen LogP contribution is -2.41.